The predicted molar refractivity (Wildman–Crippen MR) is 45.1 cm³/mol. The van der Waals surface area contributed by atoms with Gasteiger partial charge in [0.25, 0.3) is 0 Å². The third-order valence-corrected chi connectivity index (χ3v) is 1.47. The third-order valence-electron chi connectivity index (χ3n) is 1.47. The molecule has 54 valence electrons. The van der Waals surface area contributed by atoms with Crippen molar-refractivity contribution < 1.29 is 1.37 Å². The quantitative estimate of drug-likeness (QED) is 0.597. The van der Waals surface area contributed by atoms with E-state index < -0.39 is 0 Å². The number of hydrogen-bond donors (Lipinski definition) is 0. The average Bonchev–Trinajstić information content (AvgIpc) is 2.07. The Hall–Kier alpha value is -0.780. The lowest BCUT2D eigenvalue weighted by Gasteiger charge is -1.96. The van der Waals surface area contributed by atoms with Crippen LogP contribution in [0.2, 0.25) is 0 Å². The molecule has 1 aromatic rings. The normalized spacial score (nSPS) is 14.3. The van der Waals surface area contributed by atoms with E-state index in [0.717, 1.165) is 18.4 Å². The zero-order valence-electron chi connectivity index (χ0n) is 7.38. The molecule has 0 saturated carbocycles. The fourth-order valence-electron chi connectivity index (χ4n) is 0.900. The van der Waals surface area contributed by atoms with Gasteiger partial charge in [0.1, 0.15) is 0 Å². The van der Waals surface area contributed by atoms with Crippen LogP contribution < -0.4 is 0 Å². The van der Waals surface area contributed by atoms with E-state index in [-0.39, 0.29) is 6.40 Å². The van der Waals surface area contributed by atoms with E-state index in [2.05, 4.69) is 6.92 Å². The summed E-state index contributed by atoms with van der Waals surface area (Å²) >= 11 is 0. The molecular weight excluding hydrogens is 120 g/mol. The molecule has 1 atom stereocenters. The molecule has 0 saturated heterocycles. The van der Waals surface area contributed by atoms with Crippen LogP contribution in [-0.2, 0) is 6.40 Å². The van der Waals surface area contributed by atoms with E-state index in [1.807, 2.05) is 30.3 Å². The molecule has 1 rings (SSSR count). The second kappa shape index (κ2) is 4.10. The SMILES string of the molecule is [2H][C@@H](CCC)c1ccccc1. The molecular formula is C10H14. The van der Waals surface area contributed by atoms with E-state index in [1.165, 1.54) is 0 Å². The number of rotatable bonds is 3. The summed E-state index contributed by atoms with van der Waals surface area (Å²) in [5.74, 6) is 0. The Morgan fingerprint density at radius 2 is 2.00 bits per heavy atom. The van der Waals surface area contributed by atoms with Gasteiger partial charge < -0.3 is 0 Å². The molecule has 0 aliphatic carbocycles. The van der Waals surface area contributed by atoms with Gasteiger partial charge in [-0.3, -0.25) is 0 Å². The minimum absolute atomic E-state index is 0.0267. The maximum Gasteiger partial charge on any atom is 0.0316 e. The summed E-state index contributed by atoms with van der Waals surface area (Å²) < 4.78 is 7.71. The Bertz CT molecular complexity index is 193. The fraction of sp³-hybridized carbons (Fsp3) is 0.400. The number of hydrogen-bond acceptors (Lipinski definition) is 0. The molecule has 0 aliphatic rings. The molecule has 0 spiro atoms. The molecule has 0 aliphatic heterocycles. The standard InChI is InChI=1S/C10H14/c1-2-3-7-10-8-5-4-6-9-10/h4-6,8-9H,2-3,7H2,1H3/i7D/t7-/m0/s1. The van der Waals surface area contributed by atoms with Gasteiger partial charge in [0.15, 0.2) is 0 Å². The van der Waals surface area contributed by atoms with Crippen molar-refractivity contribution in [3.8, 4) is 0 Å². The van der Waals surface area contributed by atoms with Gasteiger partial charge in [0.05, 0.1) is 0 Å². The average molecular weight is 135 g/mol. The summed E-state index contributed by atoms with van der Waals surface area (Å²) in [4.78, 5) is 0. The smallest absolute Gasteiger partial charge is 0.0316 e. The van der Waals surface area contributed by atoms with Gasteiger partial charge in [0, 0.05) is 1.37 Å². The van der Waals surface area contributed by atoms with Crippen molar-refractivity contribution in [2.75, 3.05) is 0 Å². The van der Waals surface area contributed by atoms with Gasteiger partial charge in [0.2, 0.25) is 0 Å². The van der Waals surface area contributed by atoms with Crippen molar-refractivity contribution >= 4 is 0 Å². The molecule has 0 fully saturated rings. The van der Waals surface area contributed by atoms with E-state index in [1.54, 1.807) is 0 Å². The van der Waals surface area contributed by atoms with Crippen LogP contribution in [0.5, 0.6) is 0 Å². The highest BCUT2D eigenvalue weighted by atomic mass is 13.9. The topological polar surface area (TPSA) is 0 Å². The van der Waals surface area contributed by atoms with Gasteiger partial charge in [-0.2, -0.15) is 0 Å². The van der Waals surface area contributed by atoms with Crippen LogP contribution in [0.3, 0.4) is 0 Å². The van der Waals surface area contributed by atoms with Crippen LogP contribution in [0.15, 0.2) is 30.3 Å². The molecule has 0 bridgehead atoms. The van der Waals surface area contributed by atoms with Crippen LogP contribution in [-0.4, -0.2) is 0 Å². The summed E-state index contributed by atoms with van der Waals surface area (Å²) in [5.41, 5.74) is 1.13. The molecule has 0 N–H and O–H groups in total. The molecule has 0 unspecified atom stereocenters. The summed E-state index contributed by atoms with van der Waals surface area (Å²) in [7, 11) is 0. The predicted octanol–water partition coefficient (Wildman–Crippen LogP) is 3.03. The monoisotopic (exact) mass is 135 g/mol. The highest BCUT2D eigenvalue weighted by Gasteiger charge is 1.87. The number of aryl methyl sites for hydroxylation is 1. The lowest BCUT2D eigenvalue weighted by Crippen LogP contribution is -1.81. The first kappa shape index (κ1) is 5.96. The van der Waals surface area contributed by atoms with Gasteiger partial charge >= 0.3 is 0 Å². The maximum atomic E-state index is 7.71. The minimum atomic E-state index is -0.0267. The molecule has 1 aromatic carbocycles. The van der Waals surface area contributed by atoms with E-state index in [9.17, 15) is 0 Å². The Labute approximate surface area is 64.3 Å². The molecule has 0 aromatic heterocycles. The summed E-state index contributed by atoms with van der Waals surface area (Å²) in [5, 5.41) is 0. The first-order chi connectivity index (χ1) is 5.34. The van der Waals surface area contributed by atoms with Crippen LogP contribution in [0, 0.1) is 0 Å². The largest absolute Gasteiger partial charge is 0.0654 e. The van der Waals surface area contributed by atoms with Crippen LogP contribution in [0.1, 0.15) is 26.7 Å². The van der Waals surface area contributed by atoms with Crippen molar-refractivity contribution in [2.45, 2.75) is 26.2 Å². The molecule has 0 amide bonds. The molecule has 0 radical (unpaired) electrons. The Morgan fingerprint density at radius 1 is 1.30 bits per heavy atom. The Kier molecular flexibility index (Phi) is 2.45. The minimum Gasteiger partial charge on any atom is -0.0654 e. The molecule has 0 heteroatoms. The highest BCUT2D eigenvalue weighted by molar-refractivity contribution is 5.14. The van der Waals surface area contributed by atoms with Crippen molar-refractivity contribution in [2.24, 2.45) is 0 Å². The second-order valence-electron chi connectivity index (χ2n) is 2.40. The fourth-order valence-corrected chi connectivity index (χ4v) is 0.900. The summed E-state index contributed by atoms with van der Waals surface area (Å²) in [6.45, 7) is 2.12. The summed E-state index contributed by atoms with van der Waals surface area (Å²) in [6.07, 6.45) is 2.02. The van der Waals surface area contributed by atoms with Crippen LogP contribution in [0.4, 0.5) is 0 Å². The highest BCUT2D eigenvalue weighted by Crippen LogP contribution is 2.03. The summed E-state index contributed by atoms with van der Waals surface area (Å²) in [6, 6.07) is 10.0. The van der Waals surface area contributed by atoms with E-state index in [0.29, 0.717) is 0 Å². The third kappa shape index (κ3) is 2.22. The van der Waals surface area contributed by atoms with Crippen molar-refractivity contribution in [1.82, 2.24) is 0 Å². The Balaban J connectivity index is 2.61. The van der Waals surface area contributed by atoms with Gasteiger partial charge in [-0.05, 0) is 18.4 Å². The second-order valence-corrected chi connectivity index (χ2v) is 2.40. The molecule has 10 heavy (non-hydrogen) atoms. The lowest BCUT2D eigenvalue weighted by molar-refractivity contribution is 0.795. The van der Waals surface area contributed by atoms with Gasteiger partial charge in [-0.25, -0.2) is 0 Å². The Morgan fingerprint density at radius 3 is 2.60 bits per heavy atom. The van der Waals surface area contributed by atoms with Crippen molar-refractivity contribution in [1.29, 1.82) is 0 Å². The van der Waals surface area contributed by atoms with E-state index >= 15 is 0 Å². The number of benzene rings is 1. The zero-order chi connectivity index (χ0) is 8.10. The van der Waals surface area contributed by atoms with Crippen LogP contribution >= 0.6 is 0 Å². The molecule has 0 heterocycles. The lowest BCUT2D eigenvalue weighted by atomic mass is 10.1. The first-order valence-corrected chi connectivity index (χ1v) is 3.81. The van der Waals surface area contributed by atoms with E-state index in [4.69, 9.17) is 1.37 Å². The first-order valence-electron chi connectivity index (χ1n) is 4.39. The van der Waals surface area contributed by atoms with Crippen molar-refractivity contribution in [3.63, 3.8) is 0 Å². The zero-order valence-corrected chi connectivity index (χ0v) is 6.38. The maximum absolute atomic E-state index is 7.71. The van der Waals surface area contributed by atoms with Gasteiger partial charge in [-0.15, -0.1) is 0 Å². The van der Waals surface area contributed by atoms with Crippen LogP contribution in [0.25, 0.3) is 0 Å². The molecule has 0 nitrogen and oxygen atoms in total. The van der Waals surface area contributed by atoms with Gasteiger partial charge in [-0.1, -0.05) is 43.7 Å². The van der Waals surface area contributed by atoms with Crippen molar-refractivity contribution in [3.05, 3.63) is 35.9 Å².